The highest BCUT2D eigenvalue weighted by Crippen LogP contribution is 2.30. The van der Waals surface area contributed by atoms with E-state index in [9.17, 15) is 9.59 Å². The number of nitrogens with one attached hydrogen (secondary N) is 3. The minimum Gasteiger partial charge on any atom is -0.463 e. The molecule has 3 rings (SSSR count). The van der Waals surface area contributed by atoms with Crippen LogP contribution >= 0.6 is 23.1 Å². The van der Waals surface area contributed by atoms with E-state index in [1.807, 2.05) is 37.3 Å². The van der Waals surface area contributed by atoms with Gasteiger partial charge in [-0.25, -0.2) is 9.59 Å². The summed E-state index contributed by atoms with van der Waals surface area (Å²) in [6.07, 6.45) is 0.597. The normalized spacial score (nSPS) is 16.4. The predicted molar refractivity (Wildman–Crippen MR) is 110 cm³/mol. The molecule has 0 spiro atoms. The molecule has 0 saturated carbocycles. The van der Waals surface area contributed by atoms with Crippen LogP contribution in [0, 0.1) is 0 Å². The molecule has 1 aliphatic rings. The maximum Gasteiger partial charge on any atom is 0.337 e. The van der Waals surface area contributed by atoms with Crippen LogP contribution in [0.3, 0.4) is 0 Å². The number of carbonyl (C=O) groups excluding carboxylic acids is 2. The minimum absolute atomic E-state index is 0.276. The van der Waals surface area contributed by atoms with Crippen molar-refractivity contribution in [3.8, 4) is 0 Å². The Labute approximate surface area is 171 Å². The van der Waals surface area contributed by atoms with Crippen LogP contribution in [0.4, 0.5) is 15.6 Å². The molecule has 1 aromatic carbocycles. The van der Waals surface area contributed by atoms with E-state index in [-0.39, 0.29) is 18.7 Å². The van der Waals surface area contributed by atoms with Crippen LogP contribution in [0.2, 0.25) is 0 Å². The Kier molecular flexibility index (Phi) is 6.88. The van der Waals surface area contributed by atoms with Gasteiger partial charge in [-0.15, -0.1) is 10.2 Å². The fourth-order valence-electron chi connectivity index (χ4n) is 2.67. The largest absolute Gasteiger partial charge is 0.463 e. The molecule has 1 aromatic heterocycles. The molecular formula is C18H21N5O3S2. The average molecular weight is 420 g/mol. The molecule has 0 saturated heterocycles. The van der Waals surface area contributed by atoms with Crippen molar-refractivity contribution in [3.05, 3.63) is 41.6 Å². The fraction of sp³-hybridized carbons (Fsp3) is 0.333. The van der Waals surface area contributed by atoms with Gasteiger partial charge in [0.05, 0.1) is 18.2 Å². The molecule has 1 aliphatic heterocycles. The van der Waals surface area contributed by atoms with Crippen LogP contribution < -0.4 is 16.0 Å². The molecule has 1 atom stereocenters. The summed E-state index contributed by atoms with van der Waals surface area (Å²) >= 11 is 2.81. The van der Waals surface area contributed by atoms with Crippen molar-refractivity contribution in [3.63, 3.8) is 0 Å². The Morgan fingerprint density at radius 1 is 1.29 bits per heavy atom. The summed E-state index contributed by atoms with van der Waals surface area (Å²) in [5, 5.41) is 17.7. The second-order valence-corrected chi connectivity index (χ2v) is 8.02. The van der Waals surface area contributed by atoms with Gasteiger partial charge >= 0.3 is 12.0 Å². The van der Waals surface area contributed by atoms with Crippen molar-refractivity contribution in [2.24, 2.45) is 0 Å². The first kappa shape index (κ1) is 20.2. The van der Waals surface area contributed by atoms with Gasteiger partial charge in [0, 0.05) is 17.1 Å². The van der Waals surface area contributed by atoms with E-state index in [2.05, 4.69) is 26.1 Å². The van der Waals surface area contributed by atoms with Crippen molar-refractivity contribution in [1.82, 2.24) is 20.8 Å². The number of benzene rings is 1. The van der Waals surface area contributed by atoms with Gasteiger partial charge in [0.1, 0.15) is 0 Å². The van der Waals surface area contributed by atoms with Crippen molar-refractivity contribution in [2.75, 3.05) is 17.7 Å². The second-order valence-electron chi connectivity index (χ2n) is 5.82. The fourth-order valence-corrected chi connectivity index (χ4v) is 4.41. The van der Waals surface area contributed by atoms with Crippen LogP contribution in [0.5, 0.6) is 0 Å². The number of para-hydroxylation sites is 1. The maximum absolute atomic E-state index is 12.4. The first-order valence-corrected chi connectivity index (χ1v) is 10.7. The topological polar surface area (TPSA) is 105 Å². The van der Waals surface area contributed by atoms with Crippen molar-refractivity contribution in [1.29, 1.82) is 0 Å². The molecule has 0 bridgehead atoms. The summed E-state index contributed by atoms with van der Waals surface area (Å²) in [6.45, 7) is 3.94. The molecule has 10 heteroatoms. The van der Waals surface area contributed by atoms with E-state index in [4.69, 9.17) is 4.74 Å². The number of carbonyl (C=O) groups is 2. The lowest BCUT2D eigenvalue weighted by atomic mass is 10.0. The molecule has 8 nitrogen and oxygen atoms in total. The SMILES string of the molecule is CCOC(=O)C1=C(CSc2nnc(Nc3ccccc3)s2)NC(=O)N[C@@H]1CC. The third kappa shape index (κ3) is 5.02. The van der Waals surface area contributed by atoms with E-state index in [1.54, 1.807) is 6.92 Å². The van der Waals surface area contributed by atoms with Gasteiger partial charge in [-0.05, 0) is 25.5 Å². The summed E-state index contributed by atoms with van der Waals surface area (Å²) < 4.78 is 5.90. The number of nitrogens with zero attached hydrogens (tertiary/aromatic N) is 2. The molecule has 0 fully saturated rings. The van der Waals surface area contributed by atoms with Gasteiger partial charge in [0.25, 0.3) is 0 Å². The molecule has 2 aromatic rings. The number of esters is 1. The molecule has 0 unspecified atom stereocenters. The maximum atomic E-state index is 12.4. The van der Waals surface area contributed by atoms with Crippen molar-refractivity contribution in [2.45, 2.75) is 30.6 Å². The highest BCUT2D eigenvalue weighted by atomic mass is 32.2. The zero-order valence-electron chi connectivity index (χ0n) is 15.5. The zero-order valence-corrected chi connectivity index (χ0v) is 17.2. The molecule has 2 heterocycles. The van der Waals surface area contributed by atoms with Gasteiger partial charge in [-0.1, -0.05) is 48.2 Å². The summed E-state index contributed by atoms with van der Waals surface area (Å²) in [5.74, 6) is -0.0287. The molecule has 0 aliphatic carbocycles. The quantitative estimate of drug-likeness (QED) is 0.445. The van der Waals surface area contributed by atoms with Crippen LogP contribution in [0.15, 0.2) is 45.9 Å². The average Bonchev–Trinajstić information content (AvgIpc) is 3.14. The molecule has 148 valence electrons. The van der Waals surface area contributed by atoms with Gasteiger partial charge < -0.3 is 20.7 Å². The third-order valence-corrected chi connectivity index (χ3v) is 5.92. The molecule has 3 N–H and O–H groups in total. The number of ether oxygens (including phenoxy) is 1. The van der Waals surface area contributed by atoms with Gasteiger partial charge in [0.15, 0.2) is 4.34 Å². The van der Waals surface area contributed by atoms with Gasteiger partial charge in [0.2, 0.25) is 5.13 Å². The smallest absolute Gasteiger partial charge is 0.337 e. The summed E-state index contributed by atoms with van der Waals surface area (Å²) in [4.78, 5) is 24.3. The first-order chi connectivity index (χ1) is 13.6. The van der Waals surface area contributed by atoms with E-state index < -0.39 is 5.97 Å². The Morgan fingerprint density at radius 2 is 2.07 bits per heavy atom. The van der Waals surface area contributed by atoms with Crippen LogP contribution in [0.25, 0.3) is 0 Å². The lowest BCUT2D eigenvalue weighted by Crippen LogP contribution is -2.50. The van der Waals surface area contributed by atoms with Crippen molar-refractivity contribution >= 4 is 45.9 Å². The van der Waals surface area contributed by atoms with Gasteiger partial charge in [-0.2, -0.15) is 0 Å². The predicted octanol–water partition coefficient (Wildman–Crippen LogP) is 3.28. The standard InChI is InChI=1S/C18H21N5O3S2/c1-3-12-14(15(24)26-4-2)13(21-16(25)20-12)10-27-18-23-22-17(28-18)19-11-8-6-5-7-9-11/h5-9,12H,3-4,10H2,1-2H3,(H,19,22)(H2,20,21,25)/t12-/m1/s1. The third-order valence-electron chi connectivity index (χ3n) is 3.92. The molecule has 28 heavy (non-hydrogen) atoms. The van der Waals surface area contributed by atoms with E-state index >= 15 is 0 Å². The highest BCUT2D eigenvalue weighted by molar-refractivity contribution is 8.01. The van der Waals surface area contributed by atoms with E-state index in [0.717, 1.165) is 10.0 Å². The number of rotatable bonds is 8. The first-order valence-electron chi connectivity index (χ1n) is 8.86. The monoisotopic (exact) mass is 419 g/mol. The lowest BCUT2D eigenvalue weighted by Gasteiger charge is -2.28. The van der Waals surface area contributed by atoms with Gasteiger partial charge in [-0.3, -0.25) is 0 Å². The number of anilines is 2. The summed E-state index contributed by atoms with van der Waals surface area (Å²) in [6, 6.07) is 9.02. The summed E-state index contributed by atoms with van der Waals surface area (Å²) in [5.41, 5.74) is 1.94. The molecular weight excluding hydrogens is 398 g/mol. The second kappa shape index (κ2) is 9.56. The minimum atomic E-state index is -0.416. The number of amides is 2. The zero-order chi connectivity index (χ0) is 19.9. The van der Waals surface area contributed by atoms with E-state index in [0.29, 0.717) is 28.6 Å². The van der Waals surface area contributed by atoms with Crippen molar-refractivity contribution < 1.29 is 14.3 Å². The van der Waals surface area contributed by atoms with Crippen LogP contribution in [-0.2, 0) is 9.53 Å². The van der Waals surface area contributed by atoms with Crippen LogP contribution in [-0.4, -0.2) is 40.6 Å². The Bertz CT molecular complexity index is 869. The number of hydrogen-bond acceptors (Lipinski definition) is 8. The number of hydrogen-bond donors (Lipinski definition) is 3. The molecule has 2 amide bonds. The van der Waals surface area contributed by atoms with Crippen LogP contribution in [0.1, 0.15) is 20.3 Å². The van der Waals surface area contributed by atoms with E-state index in [1.165, 1.54) is 23.1 Å². The lowest BCUT2D eigenvalue weighted by molar-refractivity contribution is -0.139. The Morgan fingerprint density at radius 3 is 2.79 bits per heavy atom. The Balaban J connectivity index is 1.72. The number of thioether (sulfide) groups is 1. The molecule has 0 radical (unpaired) electrons. The highest BCUT2D eigenvalue weighted by Gasteiger charge is 2.31. The Hall–Kier alpha value is -2.59. The summed E-state index contributed by atoms with van der Waals surface area (Å²) in [7, 11) is 0. The number of aromatic nitrogens is 2. The number of urea groups is 1.